The molecular weight excluding hydrogens is 358 g/mol. The van der Waals surface area contributed by atoms with Gasteiger partial charge in [0.2, 0.25) is 0 Å². The van der Waals surface area contributed by atoms with Gasteiger partial charge in [0.1, 0.15) is 5.58 Å². The van der Waals surface area contributed by atoms with Gasteiger partial charge in [0.25, 0.3) is 5.91 Å². The van der Waals surface area contributed by atoms with Gasteiger partial charge >= 0.3 is 5.97 Å². The van der Waals surface area contributed by atoms with E-state index in [1.165, 1.54) is 6.26 Å². The Morgan fingerprint density at radius 1 is 1.31 bits per heavy atom. The molecule has 2 aromatic rings. The van der Waals surface area contributed by atoms with Crippen LogP contribution in [0.3, 0.4) is 0 Å². The van der Waals surface area contributed by atoms with E-state index in [0.717, 1.165) is 22.1 Å². The molecule has 3 rings (SSSR count). The van der Waals surface area contributed by atoms with Crippen LogP contribution < -0.4 is 5.32 Å². The second-order valence-corrected chi connectivity index (χ2v) is 8.88. The van der Waals surface area contributed by atoms with Gasteiger partial charge in [-0.15, -0.1) is 0 Å². The fraction of sp³-hybridized carbons (Fsp3) is 0.444. The summed E-state index contributed by atoms with van der Waals surface area (Å²) < 4.78 is 33.3. The van der Waals surface area contributed by atoms with Crippen LogP contribution >= 0.6 is 0 Å². The smallest absolute Gasteiger partial charge is 0.310 e. The number of aryl methyl sites for hydroxylation is 2. The number of fused-ring (bicyclic) bond motifs is 1. The van der Waals surface area contributed by atoms with E-state index in [0.29, 0.717) is 12.0 Å². The molecule has 1 saturated heterocycles. The lowest BCUT2D eigenvalue weighted by molar-refractivity contribution is -0.148. The van der Waals surface area contributed by atoms with Gasteiger partial charge < -0.3 is 14.5 Å². The van der Waals surface area contributed by atoms with Gasteiger partial charge in [-0.1, -0.05) is 12.1 Å². The first kappa shape index (κ1) is 18.4. The van der Waals surface area contributed by atoms with Crippen molar-refractivity contribution in [1.29, 1.82) is 0 Å². The van der Waals surface area contributed by atoms with Crippen molar-refractivity contribution in [2.24, 2.45) is 0 Å². The van der Waals surface area contributed by atoms with Gasteiger partial charge in [-0.3, -0.25) is 9.59 Å². The van der Waals surface area contributed by atoms with Crippen molar-refractivity contribution in [2.75, 3.05) is 18.1 Å². The van der Waals surface area contributed by atoms with Crippen LogP contribution in [-0.2, 0) is 30.6 Å². The third-order valence-corrected chi connectivity index (χ3v) is 6.41. The molecule has 140 valence electrons. The van der Waals surface area contributed by atoms with Crippen molar-refractivity contribution in [3.8, 4) is 0 Å². The number of rotatable bonds is 5. The van der Waals surface area contributed by atoms with Crippen LogP contribution in [0.15, 0.2) is 22.8 Å². The highest BCUT2D eigenvalue weighted by Crippen LogP contribution is 2.26. The largest absolute Gasteiger partial charge is 0.464 e. The Labute approximate surface area is 151 Å². The zero-order valence-electron chi connectivity index (χ0n) is 14.7. The highest BCUT2D eigenvalue weighted by molar-refractivity contribution is 7.91. The predicted molar refractivity (Wildman–Crippen MR) is 95.6 cm³/mol. The quantitative estimate of drug-likeness (QED) is 0.789. The first-order valence-corrected chi connectivity index (χ1v) is 10.2. The van der Waals surface area contributed by atoms with E-state index < -0.39 is 34.4 Å². The zero-order chi connectivity index (χ0) is 18.9. The molecule has 1 fully saturated rings. The first-order chi connectivity index (χ1) is 12.2. The third kappa shape index (κ3) is 4.07. The summed E-state index contributed by atoms with van der Waals surface area (Å²) in [7, 11) is -3.07. The highest BCUT2D eigenvalue weighted by Gasteiger charge is 2.29. The van der Waals surface area contributed by atoms with Crippen LogP contribution in [-0.4, -0.2) is 44.4 Å². The molecule has 0 radical (unpaired) electrons. The number of furan rings is 1. The summed E-state index contributed by atoms with van der Waals surface area (Å²) in [4.78, 5) is 23.8. The summed E-state index contributed by atoms with van der Waals surface area (Å²) in [6.07, 6.45) is 1.92. The molecule has 26 heavy (non-hydrogen) atoms. The second kappa shape index (κ2) is 7.11. The standard InChI is InChI=1S/C18H21NO6S/c1-11-3-4-15-13(8-25-18(15)12(11)2)7-17(21)24-9-16(20)19-14-5-6-26(22,23)10-14/h3-4,8,14H,5-7,9-10H2,1-2H3,(H,19,20)/t14-/m1/s1. The maximum Gasteiger partial charge on any atom is 0.310 e. The molecule has 1 atom stereocenters. The summed E-state index contributed by atoms with van der Waals surface area (Å²) in [6, 6.07) is 3.46. The average Bonchev–Trinajstić information content (AvgIpc) is 3.12. The lowest BCUT2D eigenvalue weighted by Gasteiger charge is -2.10. The van der Waals surface area contributed by atoms with Crippen LogP contribution in [0.2, 0.25) is 0 Å². The molecule has 8 heteroatoms. The molecule has 1 aromatic carbocycles. The molecule has 2 heterocycles. The molecule has 1 amide bonds. The van der Waals surface area contributed by atoms with Gasteiger partial charge in [0, 0.05) is 17.0 Å². The van der Waals surface area contributed by atoms with Crippen LogP contribution in [0.5, 0.6) is 0 Å². The maximum atomic E-state index is 12.0. The topological polar surface area (TPSA) is 103 Å². The van der Waals surface area contributed by atoms with Crippen LogP contribution in [0.4, 0.5) is 0 Å². The van der Waals surface area contributed by atoms with Crippen LogP contribution in [0.25, 0.3) is 11.0 Å². The van der Waals surface area contributed by atoms with E-state index in [2.05, 4.69) is 5.32 Å². The molecular formula is C18H21NO6S. The Bertz CT molecular complexity index is 959. The number of nitrogens with one attached hydrogen (secondary N) is 1. The van der Waals surface area contributed by atoms with E-state index >= 15 is 0 Å². The zero-order valence-corrected chi connectivity index (χ0v) is 15.5. The molecule has 1 N–H and O–H groups in total. The van der Waals surface area contributed by atoms with Gasteiger partial charge in [-0.2, -0.15) is 0 Å². The minimum absolute atomic E-state index is 0.000584. The Morgan fingerprint density at radius 3 is 2.77 bits per heavy atom. The minimum atomic E-state index is -3.07. The summed E-state index contributed by atoms with van der Waals surface area (Å²) in [5.41, 5.74) is 3.57. The SMILES string of the molecule is Cc1ccc2c(CC(=O)OCC(=O)N[C@@H]3CCS(=O)(=O)C3)coc2c1C. The molecule has 1 aliphatic heterocycles. The fourth-order valence-corrected chi connectivity index (χ4v) is 4.73. The molecule has 0 unspecified atom stereocenters. The number of ether oxygens (including phenoxy) is 1. The Hall–Kier alpha value is -2.35. The number of hydrogen-bond acceptors (Lipinski definition) is 6. The van der Waals surface area contributed by atoms with E-state index in [-0.39, 0.29) is 17.9 Å². The van der Waals surface area contributed by atoms with Crippen LogP contribution in [0, 0.1) is 13.8 Å². The third-order valence-electron chi connectivity index (χ3n) is 4.64. The summed E-state index contributed by atoms with van der Waals surface area (Å²) >= 11 is 0. The van der Waals surface area contributed by atoms with Crippen LogP contribution in [0.1, 0.15) is 23.1 Å². The maximum absolute atomic E-state index is 12.0. The highest BCUT2D eigenvalue weighted by atomic mass is 32.2. The lowest BCUT2D eigenvalue weighted by Crippen LogP contribution is -2.38. The predicted octanol–water partition coefficient (Wildman–Crippen LogP) is 1.44. The van der Waals surface area contributed by atoms with E-state index in [9.17, 15) is 18.0 Å². The Balaban J connectivity index is 1.53. The molecule has 1 aromatic heterocycles. The summed E-state index contributed by atoms with van der Waals surface area (Å²) in [6.45, 7) is 3.51. The van der Waals surface area contributed by atoms with E-state index in [4.69, 9.17) is 9.15 Å². The van der Waals surface area contributed by atoms with Gasteiger partial charge in [0.15, 0.2) is 16.4 Å². The fourth-order valence-electron chi connectivity index (χ4n) is 3.06. The minimum Gasteiger partial charge on any atom is -0.464 e. The van der Waals surface area contributed by atoms with Crippen molar-refractivity contribution >= 4 is 32.7 Å². The molecule has 0 bridgehead atoms. The van der Waals surface area contributed by atoms with Crippen molar-refractivity contribution in [1.82, 2.24) is 5.32 Å². The normalized spacial score (nSPS) is 18.8. The number of carbonyl (C=O) groups excluding carboxylic acids is 2. The number of carbonyl (C=O) groups is 2. The first-order valence-electron chi connectivity index (χ1n) is 8.37. The second-order valence-electron chi connectivity index (χ2n) is 6.65. The summed E-state index contributed by atoms with van der Waals surface area (Å²) in [5.74, 6) is -1.03. The molecule has 0 spiro atoms. The number of esters is 1. The average molecular weight is 379 g/mol. The monoisotopic (exact) mass is 379 g/mol. The van der Waals surface area contributed by atoms with Gasteiger partial charge in [-0.25, -0.2) is 8.42 Å². The molecule has 0 aliphatic carbocycles. The number of sulfone groups is 1. The number of hydrogen-bond donors (Lipinski definition) is 1. The molecule has 0 saturated carbocycles. The van der Waals surface area contributed by atoms with Crippen molar-refractivity contribution in [3.63, 3.8) is 0 Å². The van der Waals surface area contributed by atoms with E-state index in [1.54, 1.807) is 0 Å². The van der Waals surface area contributed by atoms with E-state index in [1.807, 2.05) is 26.0 Å². The summed E-state index contributed by atoms with van der Waals surface area (Å²) in [5, 5.41) is 3.43. The molecule has 1 aliphatic rings. The Morgan fingerprint density at radius 2 is 2.08 bits per heavy atom. The van der Waals surface area contributed by atoms with Crippen molar-refractivity contribution < 1.29 is 27.2 Å². The van der Waals surface area contributed by atoms with Gasteiger partial charge in [0.05, 0.1) is 24.2 Å². The Kier molecular flexibility index (Phi) is 5.04. The van der Waals surface area contributed by atoms with Crippen molar-refractivity contribution in [2.45, 2.75) is 32.7 Å². The van der Waals surface area contributed by atoms with Crippen molar-refractivity contribution in [3.05, 3.63) is 35.1 Å². The molecule has 7 nitrogen and oxygen atoms in total. The number of benzene rings is 1. The van der Waals surface area contributed by atoms with Gasteiger partial charge in [-0.05, 0) is 31.4 Å². The number of amides is 1. The lowest BCUT2D eigenvalue weighted by atomic mass is 10.0.